The molecule has 0 heterocycles. The maximum absolute atomic E-state index is 12.2. The molecule has 0 unspecified atom stereocenters. The van der Waals surface area contributed by atoms with Crippen molar-refractivity contribution in [3.05, 3.63) is 28.2 Å². The molecule has 1 aliphatic rings. The minimum atomic E-state index is -0.871. The Kier molecular flexibility index (Phi) is 6.01. The maximum atomic E-state index is 12.2. The van der Waals surface area contributed by atoms with E-state index in [0.717, 1.165) is 17.7 Å². The Morgan fingerprint density at radius 1 is 1.32 bits per heavy atom. The van der Waals surface area contributed by atoms with E-state index in [-0.39, 0.29) is 17.6 Å². The van der Waals surface area contributed by atoms with Crippen LogP contribution in [0.1, 0.15) is 25.7 Å². The van der Waals surface area contributed by atoms with Crippen LogP contribution >= 0.6 is 35.0 Å². The van der Waals surface area contributed by atoms with Crippen molar-refractivity contribution in [3.63, 3.8) is 0 Å². The number of carbonyl (C=O) groups excluding carboxylic acids is 2. The number of hydrogen-bond donors (Lipinski definition) is 1. The van der Waals surface area contributed by atoms with Crippen LogP contribution in [0.2, 0.25) is 10.0 Å². The molecule has 0 radical (unpaired) electrons. The van der Waals surface area contributed by atoms with Gasteiger partial charge in [0, 0.05) is 9.92 Å². The van der Waals surface area contributed by atoms with Gasteiger partial charge in [0.15, 0.2) is 0 Å². The van der Waals surface area contributed by atoms with Gasteiger partial charge in [-0.1, -0.05) is 36.0 Å². The van der Waals surface area contributed by atoms with Crippen LogP contribution in [-0.2, 0) is 14.3 Å². The monoisotopic (exact) mass is 361 g/mol. The summed E-state index contributed by atoms with van der Waals surface area (Å²) in [6.45, 7) is 0. The molecule has 7 heteroatoms. The fourth-order valence-corrected chi connectivity index (χ4v) is 3.88. The molecule has 1 aliphatic carbocycles. The van der Waals surface area contributed by atoms with E-state index in [1.54, 1.807) is 18.2 Å². The van der Waals surface area contributed by atoms with Crippen LogP contribution in [-0.4, -0.2) is 30.3 Å². The van der Waals surface area contributed by atoms with Gasteiger partial charge in [0.1, 0.15) is 5.54 Å². The largest absolute Gasteiger partial charge is 0.467 e. The van der Waals surface area contributed by atoms with Crippen molar-refractivity contribution in [1.82, 2.24) is 5.32 Å². The summed E-state index contributed by atoms with van der Waals surface area (Å²) in [5.41, 5.74) is -0.871. The summed E-state index contributed by atoms with van der Waals surface area (Å²) in [5, 5.41) is 3.95. The number of halogens is 2. The molecule has 0 aromatic heterocycles. The van der Waals surface area contributed by atoms with Crippen LogP contribution < -0.4 is 5.32 Å². The topological polar surface area (TPSA) is 55.4 Å². The number of nitrogens with one attached hydrogen (secondary N) is 1. The molecule has 1 amide bonds. The molecule has 1 N–H and O–H groups in total. The predicted molar refractivity (Wildman–Crippen MR) is 88.5 cm³/mol. The van der Waals surface area contributed by atoms with E-state index in [9.17, 15) is 9.59 Å². The lowest BCUT2D eigenvalue weighted by Crippen LogP contribution is -2.53. The normalized spacial score (nSPS) is 16.3. The third kappa shape index (κ3) is 4.09. The van der Waals surface area contributed by atoms with Gasteiger partial charge in [0.25, 0.3) is 0 Å². The highest BCUT2D eigenvalue weighted by Gasteiger charge is 2.43. The second-order valence-electron chi connectivity index (χ2n) is 5.19. The first-order chi connectivity index (χ1) is 10.5. The SMILES string of the molecule is COC(=O)C1(NC(=O)CSc2cc(Cl)ccc2Cl)CCCC1. The molecule has 120 valence electrons. The van der Waals surface area contributed by atoms with Crippen LogP contribution in [0.15, 0.2) is 23.1 Å². The van der Waals surface area contributed by atoms with Crippen molar-refractivity contribution in [3.8, 4) is 0 Å². The standard InChI is InChI=1S/C15H17Cl2NO3S/c1-21-14(20)15(6-2-3-7-15)18-13(19)9-22-12-8-10(16)4-5-11(12)17/h4-5,8H,2-3,6-7,9H2,1H3,(H,18,19). The van der Waals surface area contributed by atoms with Gasteiger partial charge in [-0.25, -0.2) is 4.79 Å². The molecular weight excluding hydrogens is 345 g/mol. The van der Waals surface area contributed by atoms with E-state index >= 15 is 0 Å². The minimum Gasteiger partial charge on any atom is -0.467 e. The highest BCUT2D eigenvalue weighted by atomic mass is 35.5. The Morgan fingerprint density at radius 3 is 2.64 bits per heavy atom. The second-order valence-corrected chi connectivity index (χ2v) is 7.05. The molecule has 2 rings (SSSR count). The zero-order valence-corrected chi connectivity index (χ0v) is 14.5. The van der Waals surface area contributed by atoms with E-state index in [2.05, 4.69) is 5.32 Å². The predicted octanol–water partition coefficient (Wildman–Crippen LogP) is 3.69. The Balaban J connectivity index is 1.97. The lowest BCUT2D eigenvalue weighted by Gasteiger charge is -2.27. The summed E-state index contributed by atoms with van der Waals surface area (Å²) >= 11 is 13.3. The van der Waals surface area contributed by atoms with Gasteiger partial charge in [0.05, 0.1) is 17.9 Å². The molecule has 0 bridgehead atoms. The van der Waals surface area contributed by atoms with Gasteiger partial charge in [-0.15, -0.1) is 11.8 Å². The van der Waals surface area contributed by atoms with Crippen LogP contribution in [0.25, 0.3) is 0 Å². The summed E-state index contributed by atoms with van der Waals surface area (Å²) in [7, 11) is 1.34. The molecule has 0 aliphatic heterocycles. The van der Waals surface area contributed by atoms with Crippen molar-refractivity contribution in [1.29, 1.82) is 0 Å². The Labute approximate surface area is 143 Å². The number of carbonyl (C=O) groups is 2. The second kappa shape index (κ2) is 7.57. The Hall–Kier alpha value is -0.910. The van der Waals surface area contributed by atoms with Gasteiger partial charge in [-0.3, -0.25) is 4.79 Å². The number of ether oxygens (including phenoxy) is 1. The molecule has 1 aromatic rings. The van der Waals surface area contributed by atoms with Crippen molar-refractivity contribution >= 4 is 46.8 Å². The molecule has 4 nitrogen and oxygen atoms in total. The fraction of sp³-hybridized carbons (Fsp3) is 0.467. The first-order valence-electron chi connectivity index (χ1n) is 6.94. The summed E-state index contributed by atoms with van der Waals surface area (Å²) < 4.78 is 4.84. The highest BCUT2D eigenvalue weighted by molar-refractivity contribution is 8.00. The number of amides is 1. The Morgan fingerprint density at radius 2 is 2.00 bits per heavy atom. The zero-order valence-electron chi connectivity index (χ0n) is 12.2. The van der Waals surface area contributed by atoms with Gasteiger partial charge in [-0.05, 0) is 31.0 Å². The van der Waals surface area contributed by atoms with Crippen molar-refractivity contribution in [2.75, 3.05) is 12.9 Å². The molecule has 0 saturated heterocycles. The first-order valence-corrected chi connectivity index (χ1v) is 8.68. The lowest BCUT2D eigenvalue weighted by molar-refractivity contribution is -0.150. The van der Waals surface area contributed by atoms with Crippen LogP contribution in [0.5, 0.6) is 0 Å². The summed E-state index contributed by atoms with van der Waals surface area (Å²) in [5.74, 6) is -0.420. The average molecular weight is 362 g/mol. The molecule has 1 fully saturated rings. The van der Waals surface area contributed by atoms with Gasteiger partial charge in [-0.2, -0.15) is 0 Å². The smallest absolute Gasteiger partial charge is 0.331 e. The number of methoxy groups -OCH3 is 1. The lowest BCUT2D eigenvalue weighted by atomic mass is 9.98. The van der Waals surface area contributed by atoms with E-state index in [0.29, 0.717) is 22.9 Å². The Bertz CT molecular complexity index is 574. The van der Waals surface area contributed by atoms with Crippen LogP contribution in [0.3, 0.4) is 0 Å². The summed E-state index contributed by atoms with van der Waals surface area (Å²) in [4.78, 5) is 24.9. The quantitative estimate of drug-likeness (QED) is 0.641. The minimum absolute atomic E-state index is 0.165. The van der Waals surface area contributed by atoms with E-state index < -0.39 is 5.54 Å². The maximum Gasteiger partial charge on any atom is 0.331 e. The number of thioether (sulfide) groups is 1. The number of esters is 1. The summed E-state index contributed by atoms with van der Waals surface area (Å²) in [6.07, 6.45) is 3.05. The summed E-state index contributed by atoms with van der Waals surface area (Å²) in [6, 6.07) is 5.10. The molecular formula is C15H17Cl2NO3S. The van der Waals surface area contributed by atoms with Crippen molar-refractivity contribution in [2.45, 2.75) is 36.1 Å². The number of rotatable bonds is 5. The third-order valence-electron chi connectivity index (χ3n) is 3.66. The first kappa shape index (κ1) is 17.4. The fourth-order valence-electron chi connectivity index (χ4n) is 2.59. The molecule has 22 heavy (non-hydrogen) atoms. The van der Waals surface area contributed by atoms with Crippen molar-refractivity contribution < 1.29 is 14.3 Å². The van der Waals surface area contributed by atoms with E-state index in [1.165, 1.54) is 18.9 Å². The number of hydrogen-bond acceptors (Lipinski definition) is 4. The van der Waals surface area contributed by atoms with Crippen molar-refractivity contribution in [2.24, 2.45) is 0 Å². The third-order valence-corrected chi connectivity index (χ3v) is 5.40. The highest BCUT2D eigenvalue weighted by Crippen LogP contribution is 2.32. The number of benzene rings is 1. The van der Waals surface area contributed by atoms with Gasteiger partial charge >= 0.3 is 5.97 Å². The van der Waals surface area contributed by atoms with Crippen LogP contribution in [0, 0.1) is 0 Å². The van der Waals surface area contributed by atoms with Gasteiger partial charge < -0.3 is 10.1 Å². The average Bonchev–Trinajstić information content (AvgIpc) is 2.97. The van der Waals surface area contributed by atoms with Gasteiger partial charge in [0.2, 0.25) is 5.91 Å². The van der Waals surface area contributed by atoms with Crippen LogP contribution in [0.4, 0.5) is 0 Å². The molecule has 1 saturated carbocycles. The molecule has 1 aromatic carbocycles. The van der Waals surface area contributed by atoms with E-state index in [1.807, 2.05) is 0 Å². The molecule has 0 spiro atoms. The molecule has 0 atom stereocenters. The zero-order chi connectivity index (χ0) is 16.2. The van der Waals surface area contributed by atoms with E-state index in [4.69, 9.17) is 27.9 Å².